The summed E-state index contributed by atoms with van der Waals surface area (Å²) < 4.78 is 17.0. The predicted octanol–water partition coefficient (Wildman–Crippen LogP) is 24.3. The third-order valence-electron chi connectivity index (χ3n) is 14.9. The molecule has 0 aromatic heterocycles. The van der Waals surface area contributed by atoms with E-state index in [0.717, 1.165) is 135 Å². The van der Waals surface area contributed by atoms with Gasteiger partial charge in [0.15, 0.2) is 6.10 Å². The number of carbonyl (C=O) groups is 3. The first-order chi connectivity index (χ1) is 41.0. The number of carbonyl (C=O) groups excluding carboxylic acids is 3. The summed E-state index contributed by atoms with van der Waals surface area (Å²) in [5, 5.41) is 0. The van der Waals surface area contributed by atoms with Crippen LogP contribution in [-0.2, 0) is 28.6 Å². The molecule has 0 aromatic carbocycles. The van der Waals surface area contributed by atoms with Gasteiger partial charge in [-0.2, -0.15) is 0 Å². The van der Waals surface area contributed by atoms with Crippen LogP contribution in [0.5, 0.6) is 0 Å². The summed E-state index contributed by atoms with van der Waals surface area (Å²) >= 11 is 0. The lowest BCUT2D eigenvalue weighted by atomic mass is 10.0. The van der Waals surface area contributed by atoms with Gasteiger partial charge in [0.05, 0.1) is 0 Å². The molecule has 0 bridgehead atoms. The largest absolute Gasteiger partial charge is 0.462 e. The van der Waals surface area contributed by atoms with Crippen LogP contribution in [-0.4, -0.2) is 37.2 Å². The second-order valence-electron chi connectivity index (χ2n) is 23.1. The highest BCUT2D eigenvalue weighted by molar-refractivity contribution is 5.71. The summed E-state index contributed by atoms with van der Waals surface area (Å²) in [7, 11) is 0. The Morgan fingerprint density at radius 2 is 0.470 bits per heavy atom. The fourth-order valence-corrected chi connectivity index (χ4v) is 9.68. The van der Waals surface area contributed by atoms with Gasteiger partial charge in [-0.05, 0) is 135 Å². The molecule has 0 aliphatic heterocycles. The van der Waals surface area contributed by atoms with Crippen molar-refractivity contribution in [3.8, 4) is 0 Å². The Morgan fingerprint density at radius 1 is 0.253 bits per heavy atom. The Hall–Kier alpha value is -4.19. The molecule has 0 saturated carbocycles. The van der Waals surface area contributed by atoms with Crippen LogP contribution >= 0.6 is 0 Å². The number of esters is 3. The first-order valence-corrected chi connectivity index (χ1v) is 35.0. The Kier molecular flexibility index (Phi) is 66.7. The van der Waals surface area contributed by atoms with E-state index in [1.165, 1.54) is 154 Å². The monoisotopic (exact) mass is 1150 g/mol. The molecule has 0 N–H and O–H groups in total. The van der Waals surface area contributed by atoms with E-state index in [1.54, 1.807) is 0 Å². The first kappa shape index (κ1) is 78.8. The molecule has 0 aliphatic carbocycles. The minimum Gasteiger partial charge on any atom is -0.462 e. The molecule has 0 radical (unpaired) electrons. The molecule has 0 heterocycles. The van der Waals surface area contributed by atoms with Crippen molar-refractivity contribution in [3.63, 3.8) is 0 Å². The molecule has 1 unspecified atom stereocenters. The van der Waals surface area contributed by atoms with Crippen LogP contribution in [0.3, 0.4) is 0 Å². The van der Waals surface area contributed by atoms with Crippen molar-refractivity contribution in [2.45, 2.75) is 335 Å². The molecule has 0 rings (SSSR count). The second-order valence-corrected chi connectivity index (χ2v) is 23.1. The van der Waals surface area contributed by atoms with E-state index in [0.29, 0.717) is 19.3 Å². The number of ether oxygens (including phenoxy) is 3. The molecular weight excluding hydrogens is 1020 g/mol. The average Bonchev–Trinajstić information content (AvgIpc) is 3.50. The van der Waals surface area contributed by atoms with Crippen molar-refractivity contribution in [2.24, 2.45) is 0 Å². The van der Waals surface area contributed by atoms with Gasteiger partial charge in [0, 0.05) is 19.3 Å². The lowest BCUT2D eigenvalue weighted by Crippen LogP contribution is -2.30. The highest BCUT2D eigenvalue weighted by Crippen LogP contribution is 2.16. The number of hydrogen-bond donors (Lipinski definition) is 0. The van der Waals surface area contributed by atoms with Crippen LogP contribution in [0.15, 0.2) is 122 Å². The Labute approximate surface area is 513 Å². The van der Waals surface area contributed by atoms with E-state index in [1.807, 2.05) is 0 Å². The minimum absolute atomic E-state index is 0.0929. The van der Waals surface area contributed by atoms with Crippen LogP contribution < -0.4 is 0 Å². The van der Waals surface area contributed by atoms with Gasteiger partial charge in [0.1, 0.15) is 13.2 Å². The fourth-order valence-electron chi connectivity index (χ4n) is 9.68. The molecule has 1 atom stereocenters. The van der Waals surface area contributed by atoms with Gasteiger partial charge in [0.25, 0.3) is 0 Å². The topological polar surface area (TPSA) is 78.9 Å². The average molecular weight is 1150 g/mol. The highest BCUT2D eigenvalue weighted by Gasteiger charge is 2.19. The molecule has 83 heavy (non-hydrogen) atoms. The zero-order valence-corrected chi connectivity index (χ0v) is 54.4. The van der Waals surface area contributed by atoms with Crippen molar-refractivity contribution < 1.29 is 28.6 Å². The molecule has 0 spiro atoms. The van der Waals surface area contributed by atoms with Crippen LogP contribution in [0.1, 0.15) is 329 Å². The summed E-state index contributed by atoms with van der Waals surface area (Å²) in [6.07, 6.45) is 97.9. The van der Waals surface area contributed by atoms with Crippen molar-refractivity contribution in [2.75, 3.05) is 13.2 Å². The molecule has 0 saturated heterocycles. The minimum atomic E-state index is -0.801. The maximum Gasteiger partial charge on any atom is 0.306 e. The Balaban J connectivity index is 4.36. The van der Waals surface area contributed by atoms with E-state index in [4.69, 9.17) is 14.2 Å². The van der Waals surface area contributed by atoms with Crippen LogP contribution in [0.2, 0.25) is 0 Å². The van der Waals surface area contributed by atoms with Crippen molar-refractivity contribution in [1.82, 2.24) is 0 Å². The van der Waals surface area contributed by atoms with Crippen LogP contribution in [0, 0.1) is 0 Å². The van der Waals surface area contributed by atoms with Crippen LogP contribution in [0.4, 0.5) is 0 Å². The van der Waals surface area contributed by atoms with Gasteiger partial charge < -0.3 is 14.2 Å². The number of hydrogen-bond acceptors (Lipinski definition) is 6. The first-order valence-electron chi connectivity index (χ1n) is 35.0. The quantitative estimate of drug-likeness (QED) is 0.0261. The number of rotatable bonds is 63. The van der Waals surface area contributed by atoms with Crippen LogP contribution in [0.25, 0.3) is 0 Å². The SMILES string of the molecule is CC/C=C\C/C=C\C/C=C\C/C=C\CCCCCCC(=O)OCC(COC(=O)CCCCCCCCCCCCCCCC/C=C\C/C=C\C/C=C\CCCCCCC)OC(=O)CCCCCCCC/C=C\C/C=C\C/C=C\CCCCC. The van der Waals surface area contributed by atoms with E-state index in [2.05, 4.69) is 142 Å². The van der Waals surface area contributed by atoms with Gasteiger partial charge in [-0.15, -0.1) is 0 Å². The zero-order valence-electron chi connectivity index (χ0n) is 54.4. The van der Waals surface area contributed by atoms with Crippen molar-refractivity contribution in [3.05, 3.63) is 122 Å². The summed E-state index contributed by atoms with van der Waals surface area (Å²) in [6, 6.07) is 0. The summed E-state index contributed by atoms with van der Waals surface area (Å²) in [6.45, 7) is 6.48. The van der Waals surface area contributed by atoms with Crippen molar-refractivity contribution >= 4 is 17.9 Å². The third-order valence-corrected chi connectivity index (χ3v) is 14.9. The molecule has 0 aromatic rings. The standard InChI is InChI=1S/C77H130O6/c1-4-7-10-13-16-19-22-25-28-31-33-34-35-36-37-38-39-40-41-42-44-46-49-52-55-58-61-64-67-70-76(79)82-73-74(72-81-75(78)69-66-63-60-57-54-51-48-45-30-27-24-21-18-15-12-9-6-3)83-77(80)71-68-65-62-59-56-53-50-47-43-32-29-26-23-20-17-14-11-8-5-2/h9,12,17-18,20-22,25-27,29-31,33,35-36,43,47-48,51,74H,4-8,10-11,13-16,19,23-24,28,32,34,37-42,44-46,49-50,52-73H2,1-3H3/b12-9-,20-17-,21-18-,25-22-,29-26-,30-27-,33-31-,36-35-,47-43-,51-48-. The zero-order chi connectivity index (χ0) is 59.9. The van der Waals surface area contributed by atoms with Gasteiger partial charge in [-0.1, -0.05) is 296 Å². The summed E-state index contributed by atoms with van der Waals surface area (Å²) in [5.41, 5.74) is 0. The third kappa shape index (κ3) is 68.5. The second kappa shape index (κ2) is 70.3. The Morgan fingerprint density at radius 3 is 0.759 bits per heavy atom. The molecule has 6 nitrogen and oxygen atoms in total. The normalized spacial score (nSPS) is 12.9. The van der Waals surface area contributed by atoms with Gasteiger partial charge in [-0.3, -0.25) is 14.4 Å². The molecule has 6 heteroatoms. The number of unbranched alkanes of at least 4 members (excludes halogenated alkanes) is 32. The smallest absolute Gasteiger partial charge is 0.306 e. The van der Waals surface area contributed by atoms with Crippen molar-refractivity contribution in [1.29, 1.82) is 0 Å². The van der Waals surface area contributed by atoms with Gasteiger partial charge in [-0.25, -0.2) is 0 Å². The molecule has 0 amide bonds. The summed E-state index contributed by atoms with van der Waals surface area (Å²) in [5.74, 6) is -0.922. The molecular formula is C77H130O6. The lowest BCUT2D eigenvalue weighted by Gasteiger charge is -2.18. The van der Waals surface area contributed by atoms with Gasteiger partial charge >= 0.3 is 17.9 Å². The number of allylic oxidation sites excluding steroid dienone is 20. The van der Waals surface area contributed by atoms with E-state index >= 15 is 0 Å². The van der Waals surface area contributed by atoms with Gasteiger partial charge in [0.2, 0.25) is 0 Å². The predicted molar refractivity (Wildman–Crippen MR) is 362 cm³/mol. The fraction of sp³-hybridized carbons (Fsp3) is 0.701. The summed E-state index contributed by atoms with van der Waals surface area (Å²) in [4.78, 5) is 38.4. The highest BCUT2D eigenvalue weighted by atomic mass is 16.6. The molecule has 474 valence electrons. The lowest BCUT2D eigenvalue weighted by molar-refractivity contribution is -0.167. The maximum absolute atomic E-state index is 12.9. The molecule has 0 aliphatic rings. The Bertz CT molecular complexity index is 1700. The van der Waals surface area contributed by atoms with E-state index in [-0.39, 0.29) is 31.1 Å². The van der Waals surface area contributed by atoms with E-state index in [9.17, 15) is 14.4 Å². The molecule has 0 fully saturated rings. The van der Waals surface area contributed by atoms with E-state index < -0.39 is 6.10 Å². The maximum atomic E-state index is 12.9.